The smallest absolute Gasteiger partial charge is 0.292 e. The van der Waals surface area contributed by atoms with Gasteiger partial charge >= 0.3 is 0 Å². The third-order valence-electron chi connectivity index (χ3n) is 2.55. The van der Waals surface area contributed by atoms with E-state index >= 15 is 0 Å². The molecule has 0 N–H and O–H groups in total. The molecular weight excluding hydrogens is 272 g/mol. The molecule has 0 atom stereocenters. The fraction of sp³-hybridized carbons (Fsp3) is 0.455. The first-order valence-electron chi connectivity index (χ1n) is 5.03. The SMILES string of the molecule is CC(C)N(C)c1ccc(CBr)cc1[N+](=O)[O-]. The summed E-state index contributed by atoms with van der Waals surface area (Å²) in [6.45, 7) is 4.00. The molecule has 0 amide bonds. The van der Waals surface area contributed by atoms with E-state index in [4.69, 9.17) is 0 Å². The van der Waals surface area contributed by atoms with Gasteiger partial charge in [0.05, 0.1) is 4.92 Å². The van der Waals surface area contributed by atoms with Crippen molar-refractivity contribution in [3.63, 3.8) is 0 Å². The van der Waals surface area contributed by atoms with E-state index in [1.807, 2.05) is 31.9 Å². The van der Waals surface area contributed by atoms with Crippen molar-refractivity contribution in [3.05, 3.63) is 33.9 Å². The molecule has 0 spiro atoms. The molecular formula is C11H15BrN2O2. The number of hydrogen-bond acceptors (Lipinski definition) is 3. The van der Waals surface area contributed by atoms with Crippen LogP contribution >= 0.6 is 15.9 Å². The van der Waals surface area contributed by atoms with Gasteiger partial charge < -0.3 is 4.90 Å². The minimum Gasteiger partial charge on any atom is -0.367 e. The quantitative estimate of drug-likeness (QED) is 0.485. The van der Waals surface area contributed by atoms with Crippen LogP contribution in [-0.2, 0) is 5.33 Å². The Labute approximate surface area is 104 Å². The number of nitrogens with zero attached hydrogens (tertiary/aromatic N) is 2. The van der Waals surface area contributed by atoms with Crippen molar-refractivity contribution >= 4 is 27.3 Å². The molecule has 1 rings (SSSR count). The zero-order valence-corrected chi connectivity index (χ0v) is 11.2. The number of alkyl halides is 1. The van der Waals surface area contributed by atoms with Crippen molar-refractivity contribution < 1.29 is 4.92 Å². The number of benzene rings is 1. The third-order valence-corrected chi connectivity index (χ3v) is 3.19. The molecule has 0 radical (unpaired) electrons. The van der Waals surface area contributed by atoms with E-state index < -0.39 is 0 Å². The lowest BCUT2D eigenvalue weighted by atomic mass is 10.1. The van der Waals surface area contributed by atoms with Crippen LogP contribution in [0.15, 0.2) is 18.2 Å². The number of nitro benzene ring substituents is 1. The highest BCUT2D eigenvalue weighted by Crippen LogP contribution is 2.30. The second-order valence-corrected chi connectivity index (χ2v) is 4.48. The van der Waals surface area contributed by atoms with Crippen LogP contribution in [0, 0.1) is 10.1 Å². The van der Waals surface area contributed by atoms with Gasteiger partial charge in [0.2, 0.25) is 0 Å². The van der Waals surface area contributed by atoms with Crippen LogP contribution in [0.2, 0.25) is 0 Å². The Balaban J connectivity index is 3.23. The monoisotopic (exact) mass is 286 g/mol. The largest absolute Gasteiger partial charge is 0.367 e. The summed E-state index contributed by atoms with van der Waals surface area (Å²) < 4.78 is 0. The predicted molar refractivity (Wildman–Crippen MR) is 69.3 cm³/mol. The zero-order valence-electron chi connectivity index (χ0n) is 9.61. The lowest BCUT2D eigenvalue weighted by Crippen LogP contribution is -2.26. The summed E-state index contributed by atoms with van der Waals surface area (Å²) in [6.07, 6.45) is 0. The zero-order chi connectivity index (χ0) is 12.3. The van der Waals surface area contributed by atoms with Gasteiger partial charge in [-0.2, -0.15) is 0 Å². The summed E-state index contributed by atoms with van der Waals surface area (Å²) in [5.41, 5.74) is 1.73. The molecule has 0 fully saturated rings. The predicted octanol–water partition coefficient (Wildman–Crippen LogP) is 3.33. The van der Waals surface area contributed by atoms with E-state index in [1.165, 1.54) is 0 Å². The van der Waals surface area contributed by atoms with Crippen molar-refractivity contribution in [1.82, 2.24) is 0 Å². The molecule has 0 bridgehead atoms. The molecule has 5 heteroatoms. The van der Waals surface area contributed by atoms with Crippen LogP contribution in [0.4, 0.5) is 11.4 Å². The maximum Gasteiger partial charge on any atom is 0.292 e. The number of nitro groups is 1. The first-order valence-corrected chi connectivity index (χ1v) is 6.15. The van der Waals surface area contributed by atoms with Gasteiger partial charge in [0.15, 0.2) is 0 Å². The van der Waals surface area contributed by atoms with Crippen LogP contribution in [0.3, 0.4) is 0 Å². The lowest BCUT2D eigenvalue weighted by molar-refractivity contribution is -0.384. The highest BCUT2D eigenvalue weighted by molar-refractivity contribution is 9.08. The highest BCUT2D eigenvalue weighted by atomic mass is 79.9. The molecule has 4 nitrogen and oxygen atoms in total. The summed E-state index contributed by atoms with van der Waals surface area (Å²) in [6, 6.07) is 5.54. The Kier molecular flexibility index (Phi) is 4.29. The number of anilines is 1. The maximum atomic E-state index is 11.0. The molecule has 88 valence electrons. The number of hydrogen-bond donors (Lipinski definition) is 0. The Morgan fingerprint density at radius 2 is 2.12 bits per heavy atom. The standard InChI is InChI=1S/C11H15BrN2O2/c1-8(2)13(3)10-5-4-9(7-12)6-11(10)14(15)16/h4-6,8H,7H2,1-3H3. The Bertz CT molecular complexity index is 394. The number of halogens is 1. The molecule has 0 aliphatic carbocycles. The molecule has 1 aromatic rings. The second kappa shape index (κ2) is 5.30. The lowest BCUT2D eigenvalue weighted by Gasteiger charge is -2.23. The minimum absolute atomic E-state index is 0.160. The van der Waals surface area contributed by atoms with E-state index in [-0.39, 0.29) is 16.7 Å². The van der Waals surface area contributed by atoms with Gasteiger partial charge in [-0.05, 0) is 25.5 Å². The molecule has 0 aromatic heterocycles. The molecule has 0 aliphatic rings. The van der Waals surface area contributed by atoms with Crippen LogP contribution in [0.1, 0.15) is 19.4 Å². The van der Waals surface area contributed by atoms with E-state index in [9.17, 15) is 10.1 Å². The van der Waals surface area contributed by atoms with Gasteiger partial charge in [0.25, 0.3) is 5.69 Å². The first-order chi connectivity index (χ1) is 7.47. The van der Waals surface area contributed by atoms with Crippen molar-refractivity contribution in [2.45, 2.75) is 25.2 Å². The average molecular weight is 287 g/mol. The Hall–Kier alpha value is -1.10. The third kappa shape index (κ3) is 2.72. The van der Waals surface area contributed by atoms with Gasteiger partial charge in [0.1, 0.15) is 5.69 Å². The first kappa shape index (κ1) is 13.0. The molecule has 0 heterocycles. The molecule has 0 unspecified atom stereocenters. The normalized spacial score (nSPS) is 10.6. The van der Waals surface area contributed by atoms with E-state index in [0.717, 1.165) is 5.56 Å². The fourth-order valence-corrected chi connectivity index (χ4v) is 1.72. The van der Waals surface area contributed by atoms with Gasteiger partial charge in [-0.15, -0.1) is 0 Å². The Morgan fingerprint density at radius 3 is 2.56 bits per heavy atom. The van der Waals surface area contributed by atoms with E-state index in [2.05, 4.69) is 15.9 Å². The van der Waals surface area contributed by atoms with Crippen LogP contribution < -0.4 is 4.90 Å². The number of rotatable bonds is 4. The molecule has 0 saturated carbocycles. The average Bonchev–Trinajstić information content (AvgIpc) is 2.26. The molecule has 0 saturated heterocycles. The maximum absolute atomic E-state index is 11.0. The van der Waals surface area contributed by atoms with Gasteiger partial charge in [-0.3, -0.25) is 10.1 Å². The summed E-state index contributed by atoms with van der Waals surface area (Å²) in [4.78, 5) is 12.5. The van der Waals surface area contributed by atoms with Crippen molar-refractivity contribution in [3.8, 4) is 0 Å². The van der Waals surface area contributed by atoms with Gasteiger partial charge in [-0.1, -0.05) is 22.0 Å². The summed E-state index contributed by atoms with van der Waals surface area (Å²) >= 11 is 3.30. The fourth-order valence-electron chi connectivity index (χ4n) is 1.37. The van der Waals surface area contributed by atoms with Crippen LogP contribution in [0.25, 0.3) is 0 Å². The van der Waals surface area contributed by atoms with E-state index in [0.29, 0.717) is 11.0 Å². The van der Waals surface area contributed by atoms with Crippen LogP contribution in [-0.4, -0.2) is 18.0 Å². The van der Waals surface area contributed by atoms with Gasteiger partial charge in [-0.25, -0.2) is 0 Å². The Morgan fingerprint density at radius 1 is 1.50 bits per heavy atom. The second-order valence-electron chi connectivity index (χ2n) is 3.92. The van der Waals surface area contributed by atoms with Crippen molar-refractivity contribution in [1.29, 1.82) is 0 Å². The van der Waals surface area contributed by atoms with Crippen molar-refractivity contribution in [2.24, 2.45) is 0 Å². The molecule has 1 aromatic carbocycles. The minimum atomic E-state index is -0.333. The van der Waals surface area contributed by atoms with Crippen molar-refractivity contribution in [2.75, 3.05) is 11.9 Å². The molecule has 16 heavy (non-hydrogen) atoms. The summed E-state index contributed by atoms with van der Waals surface area (Å²) in [5.74, 6) is 0. The van der Waals surface area contributed by atoms with E-state index in [1.54, 1.807) is 12.1 Å². The molecule has 0 aliphatic heterocycles. The summed E-state index contributed by atoms with van der Waals surface area (Å²) in [7, 11) is 1.86. The highest BCUT2D eigenvalue weighted by Gasteiger charge is 2.18. The van der Waals surface area contributed by atoms with Crippen LogP contribution in [0.5, 0.6) is 0 Å². The summed E-state index contributed by atoms with van der Waals surface area (Å²) in [5, 5.41) is 11.6. The topological polar surface area (TPSA) is 46.4 Å². The van der Waals surface area contributed by atoms with Gasteiger partial charge in [0, 0.05) is 24.5 Å².